The highest BCUT2D eigenvalue weighted by Crippen LogP contribution is 2.34. The Morgan fingerprint density at radius 3 is 2.70 bits per heavy atom. The smallest absolute Gasteiger partial charge is 0.216 e. The van der Waals surface area contributed by atoms with E-state index < -0.39 is 10.0 Å². The number of carbonyl (C=O) groups excluding carboxylic acids is 1. The highest BCUT2D eigenvalue weighted by molar-refractivity contribution is 7.89. The first-order valence-corrected chi connectivity index (χ1v) is 9.27. The molecule has 0 bridgehead atoms. The van der Waals surface area contributed by atoms with Gasteiger partial charge in [-0.1, -0.05) is 6.42 Å². The highest BCUT2D eigenvalue weighted by Gasteiger charge is 2.41. The summed E-state index contributed by atoms with van der Waals surface area (Å²) < 4.78 is 31.7. The summed E-state index contributed by atoms with van der Waals surface area (Å²) in [6.45, 7) is 3.18. The van der Waals surface area contributed by atoms with Crippen LogP contribution in [-0.2, 0) is 19.6 Å². The molecule has 2 aliphatic rings. The second-order valence-corrected chi connectivity index (χ2v) is 7.69. The van der Waals surface area contributed by atoms with E-state index in [2.05, 4.69) is 0 Å². The molecule has 0 amide bonds. The number of ketones is 1. The summed E-state index contributed by atoms with van der Waals surface area (Å²) in [6.07, 6.45) is 5.11. The third-order valence-electron chi connectivity index (χ3n) is 4.36. The second-order valence-electron chi connectivity index (χ2n) is 5.65. The summed E-state index contributed by atoms with van der Waals surface area (Å²) >= 11 is 0. The van der Waals surface area contributed by atoms with E-state index in [1.54, 1.807) is 4.31 Å². The van der Waals surface area contributed by atoms with Gasteiger partial charge >= 0.3 is 0 Å². The molecular weight excluding hydrogens is 278 g/mol. The first-order valence-electron chi connectivity index (χ1n) is 7.66. The molecule has 0 spiro atoms. The summed E-state index contributed by atoms with van der Waals surface area (Å²) in [6, 6.07) is -0.106. The topological polar surface area (TPSA) is 63.7 Å². The molecule has 1 heterocycles. The summed E-state index contributed by atoms with van der Waals surface area (Å²) in [4.78, 5) is 12.0. The summed E-state index contributed by atoms with van der Waals surface area (Å²) in [7, 11) is -3.31. The van der Waals surface area contributed by atoms with Crippen molar-refractivity contribution in [2.75, 3.05) is 25.5 Å². The maximum Gasteiger partial charge on any atom is 0.216 e. The second kappa shape index (κ2) is 7.00. The van der Waals surface area contributed by atoms with E-state index >= 15 is 0 Å². The van der Waals surface area contributed by atoms with Crippen molar-refractivity contribution in [2.24, 2.45) is 5.92 Å². The molecule has 2 fully saturated rings. The Balaban J connectivity index is 2.07. The van der Waals surface area contributed by atoms with E-state index in [0.717, 1.165) is 32.1 Å². The molecule has 1 saturated heterocycles. The molecule has 0 aromatic heterocycles. The molecule has 0 N–H and O–H groups in total. The number of sulfonamides is 1. The molecule has 0 aromatic rings. The molecule has 1 aliphatic heterocycles. The fraction of sp³-hybridized carbons (Fsp3) is 0.929. The largest absolute Gasteiger partial charge is 0.381 e. The summed E-state index contributed by atoms with van der Waals surface area (Å²) in [5.74, 6) is 0.206. The number of carbonyl (C=O) groups is 1. The van der Waals surface area contributed by atoms with Crippen LogP contribution in [0.4, 0.5) is 0 Å². The van der Waals surface area contributed by atoms with Gasteiger partial charge in [-0.3, -0.25) is 4.79 Å². The van der Waals surface area contributed by atoms with E-state index in [-0.39, 0.29) is 30.1 Å². The predicted molar refractivity (Wildman–Crippen MR) is 77.0 cm³/mol. The number of piperidine rings is 1. The Bertz CT molecular complexity index is 434. The van der Waals surface area contributed by atoms with Gasteiger partial charge in [0.1, 0.15) is 5.78 Å². The quantitative estimate of drug-likeness (QED) is 0.699. The van der Waals surface area contributed by atoms with Crippen LogP contribution < -0.4 is 0 Å². The Morgan fingerprint density at radius 2 is 2.05 bits per heavy atom. The number of rotatable bonds is 6. The van der Waals surface area contributed by atoms with Gasteiger partial charge in [-0.05, 0) is 32.6 Å². The minimum Gasteiger partial charge on any atom is -0.381 e. The van der Waals surface area contributed by atoms with Crippen molar-refractivity contribution in [2.45, 2.75) is 51.5 Å². The Labute approximate surface area is 121 Å². The van der Waals surface area contributed by atoms with Gasteiger partial charge < -0.3 is 4.74 Å². The van der Waals surface area contributed by atoms with Crippen LogP contribution in [0.15, 0.2) is 0 Å². The van der Waals surface area contributed by atoms with Crippen molar-refractivity contribution in [1.29, 1.82) is 0 Å². The van der Waals surface area contributed by atoms with Crippen LogP contribution in [0.1, 0.15) is 45.4 Å². The lowest BCUT2D eigenvalue weighted by Crippen LogP contribution is -2.49. The number of nitrogens with zero attached hydrogens (tertiary/aromatic N) is 1. The van der Waals surface area contributed by atoms with Crippen molar-refractivity contribution in [3.05, 3.63) is 0 Å². The van der Waals surface area contributed by atoms with Crippen molar-refractivity contribution in [3.8, 4) is 0 Å². The van der Waals surface area contributed by atoms with E-state index in [4.69, 9.17) is 4.74 Å². The number of hydrogen-bond donors (Lipinski definition) is 0. The molecule has 0 radical (unpaired) electrons. The van der Waals surface area contributed by atoms with Crippen LogP contribution >= 0.6 is 0 Å². The molecule has 2 unspecified atom stereocenters. The van der Waals surface area contributed by atoms with Crippen LogP contribution in [0, 0.1) is 5.92 Å². The first kappa shape index (κ1) is 15.9. The molecule has 0 aromatic carbocycles. The van der Waals surface area contributed by atoms with Gasteiger partial charge in [0.15, 0.2) is 0 Å². The maximum atomic E-state index is 12.5. The molecule has 2 atom stereocenters. The number of Topliss-reactive ketones (excluding diaryl/α,β-unsaturated/α-hetero) is 1. The van der Waals surface area contributed by atoms with Crippen molar-refractivity contribution >= 4 is 15.8 Å². The van der Waals surface area contributed by atoms with Crippen molar-refractivity contribution in [1.82, 2.24) is 4.31 Å². The lowest BCUT2D eigenvalue weighted by molar-refractivity contribution is -0.122. The SMILES string of the molecule is CCOCCS(=O)(=O)N1CCCCC1C1CCCC1=O. The monoisotopic (exact) mass is 303 g/mol. The summed E-state index contributed by atoms with van der Waals surface area (Å²) in [5.41, 5.74) is 0. The number of ether oxygens (including phenoxy) is 1. The fourth-order valence-electron chi connectivity index (χ4n) is 3.35. The van der Waals surface area contributed by atoms with Crippen LogP contribution in [-0.4, -0.2) is 50.1 Å². The van der Waals surface area contributed by atoms with Crippen molar-refractivity contribution in [3.63, 3.8) is 0 Å². The molecule has 5 nitrogen and oxygen atoms in total. The van der Waals surface area contributed by atoms with Gasteiger partial charge in [0.25, 0.3) is 0 Å². The molecule has 6 heteroatoms. The Hall–Kier alpha value is -0.460. The predicted octanol–water partition coefficient (Wildman–Crippen LogP) is 1.58. The Morgan fingerprint density at radius 1 is 1.25 bits per heavy atom. The first-order chi connectivity index (χ1) is 9.56. The van der Waals surface area contributed by atoms with Crippen LogP contribution in [0.25, 0.3) is 0 Å². The average molecular weight is 303 g/mol. The minimum atomic E-state index is -3.31. The van der Waals surface area contributed by atoms with E-state index in [9.17, 15) is 13.2 Å². The van der Waals surface area contributed by atoms with Gasteiger partial charge in [0, 0.05) is 31.5 Å². The van der Waals surface area contributed by atoms with Gasteiger partial charge in [0.05, 0.1) is 12.4 Å². The molecule has 20 heavy (non-hydrogen) atoms. The van der Waals surface area contributed by atoms with Gasteiger partial charge in [0.2, 0.25) is 10.0 Å². The molecule has 2 rings (SSSR count). The average Bonchev–Trinajstić information content (AvgIpc) is 2.85. The number of hydrogen-bond acceptors (Lipinski definition) is 4. The lowest BCUT2D eigenvalue weighted by Gasteiger charge is -2.37. The molecule has 1 aliphatic carbocycles. The fourth-order valence-corrected chi connectivity index (χ4v) is 4.99. The zero-order valence-electron chi connectivity index (χ0n) is 12.2. The molecular formula is C14H25NO4S. The Kier molecular flexibility index (Phi) is 5.57. The standard InChI is InChI=1S/C14H25NO4S/c1-2-19-10-11-20(17,18)15-9-4-3-7-13(15)12-6-5-8-14(12)16/h12-13H,2-11H2,1H3. The van der Waals surface area contributed by atoms with Gasteiger partial charge in [-0.2, -0.15) is 4.31 Å². The van der Waals surface area contributed by atoms with Gasteiger partial charge in [-0.15, -0.1) is 0 Å². The van der Waals surface area contributed by atoms with E-state index in [1.165, 1.54) is 0 Å². The minimum absolute atomic E-state index is 0.0260. The summed E-state index contributed by atoms with van der Waals surface area (Å²) in [5, 5.41) is 0. The third-order valence-corrected chi connectivity index (χ3v) is 6.21. The zero-order chi connectivity index (χ0) is 14.6. The van der Waals surface area contributed by atoms with Gasteiger partial charge in [-0.25, -0.2) is 8.42 Å². The molecule has 116 valence electrons. The molecule has 1 saturated carbocycles. The van der Waals surface area contributed by atoms with Crippen LogP contribution in [0.3, 0.4) is 0 Å². The van der Waals surface area contributed by atoms with E-state index in [1.807, 2.05) is 6.92 Å². The van der Waals surface area contributed by atoms with E-state index in [0.29, 0.717) is 19.6 Å². The lowest BCUT2D eigenvalue weighted by atomic mass is 9.90. The normalized spacial score (nSPS) is 28.9. The maximum absolute atomic E-state index is 12.5. The highest BCUT2D eigenvalue weighted by atomic mass is 32.2. The van der Waals surface area contributed by atoms with Crippen LogP contribution in [0.5, 0.6) is 0 Å². The van der Waals surface area contributed by atoms with Crippen LogP contribution in [0.2, 0.25) is 0 Å². The third kappa shape index (κ3) is 3.59. The van der Waals surface area contributed by atoms with Crippen molar-refractivity contribution < 1.29 is 17.9 Å². The zero-order valence-corrected chi connectivity index (χ0v) is 13.0.